The van der Waals surface area contributed by atoms with Crippen molar-refractivity contribution in [2.24, 2.45) is 0 Å². The summed E-state index contributed by atoms with van der Waals surface area (Å²) in [4.78, 5) is 73.9. The van der Waals surface area contributed by atoms with Crippen molar-refractivity contribution in [3.05, 3.63) is 142 Å². The molecule has 5 aromatic rings. The van der Waals surface area contributed by atoms with Crippen molar-refractivity contribution in [2.75, 3.05) is 23.9 Å². The number of aromatic nitrogens is 4. The lowest BCUT2D eigenvalue weighted by Crippen LogP contribution is -2.49. The van der Waals surface area contributed by atoms with Gasteiger partial charge in [0.2, 0.25) is 11.8 Å². The Morgan fingerprint density at radius 3 is 1.35 bits per heavy atom. The molecule has 2 aromatic heterocycles. The predicted molar refractivity (Wildman–Crippen MR) is 199 cm³/mol. The minimum Gasteiger partial charge on any atom is -0.340 e. The van der Waals surface area contributed by atoms with Crippen LogP contribution in [0.15, 0.2) is 79.4 Å². The Bertz CT molecular complexity index is 2240. The molecule has 0 aliphatic carbocycles. The van der Waals surface area contributed by atoms with Gasteiger partial charge in [-0.05, 0) is 53.6 Å². The molecule has 0 aliphatic rings. The molecule has 4 amide bonds. The van der Waals surface area contributed by atoms with E-state index in [2.05, 4.69) is 30.6 Å². The Labute approximate surface area is 324 Å². The molecule has 0 fully saturated rings. The topological polar surface area (TPSA) is 150 Å². The number of hydrogen-bond acceptors (Lipinski definition) is 8. The van der Waals surface area contributed by atoms with E-state index in [4.69, 9.17) is 0 Å². The van der Waals surface area contributed by atoms with Gasteiger partial charge in [-0.15, -0.1) is 0 Å². The fourth-order valence-corrected chi connectivity index (χ4v) is 5.78. The van der Waals surface area contributed by atoms with E-state index in [0.29, 0.717) is 36.6 Å². The van der Waals surface area contributed by atoms with Gasteiger partial charge in [0, 0.05) is 57.5 Å². The standard InChI is InChI=1S/C40H37F5N8O4/c1-5-35-46-18-29(19-47-35)52(3)39(56)33(13-22-9-25(41)16-26(42)10-22)50-37(54)24-7-8-32(45)31(15-24)38(55)51-34(14-23-11-27(43)17-28(44)12-23)40(57)53(4)30-20-48-36(6-2)49-21-30/h7-12,15-21,33-34H,5-6,13-14H2,1-4H3,(H,50,54)(H,51,55)/t33-,34-/m0/s1. The summed E-state index contributed by atoms with van der Waals surface area (Å²) in [6.45, 7) is 3.67. The highest BCUT2D eigenvalue weighted by atomic mass is 19.1. The van der Waals surface area contributed by atoms with Gasteiger partial charge in [0.1, 0.15) is 52.8 Å². The molecule has 0 saturated heterocycles. The van der Waals surface area contributed by atoms with Crippen molar-refractivity contribution in [1.29, 1.82) is 0 Å². The number of hydrogen-bond donors (Lipinski definition) is 2. The Morgan fingerprint density at radius 1 is 0.579 bits per heavy atom. The average Bonchev–Trinajstić information content (AvgIpc) is 3.18. The van der Waals surface area contributed by atoms with Crippen molar-refractivity contribution in [3.63, 3.8) is 0 Å². The summed E-state index contributed by atoms with van der Waals surface area (Å²) >= 11 is 0. The summed E-state index contributed by atoms with van der Waals surface area (Å²) in [5.41, 5.74) is -0.481. The highest BCUT2D eigenvalue weighted by Crippen LogP contribution is 2.19. The lowest BCUT2D eigenvalue weighted by molar-refractivity contribution is -0.120. The number of carbonyl (C=O) groups excluding carboxylic acids is 4. The minimum atomic E-state index is -1.52. The van der Waals surface area contributed by atoms with Crippen molar-refractivity contribution in [3.8, 4) is 0 Å². The Kier molecular flexibility index (Phi) is 13.3. The van der Waals surface area contributed by atoms with Crippen LogP contribution in [0.1, 0.15) is 57.3 Å². The van der Waals surface area contributed by atoms with E-state index in [9.17, 15) is 36.7 Å². The molecular formula is C40H37F5N8O4. The zero-order chi connectivity index (χ0) is 41.4. The molecule has 17 heteroatoms. The molecule has 2 heterocycles. The summed E-state index contributed by atoms with van der Waals surface area (Å²) in [5, 5.41) is 4.92. The SMILES string of the molecule is CCc1ncc(N(C)C(=O)[C@H](Cc2cc(F)cc(F)c2)NC(=O)c2ccc(F)c(C(=O)N[C@@H](Cc3cc(F)cc(F)c3)C(=O)N(C)c3cnc(CC)nc3)c2)cn1. The highest BCUT2D eigenvalue weighted by Gasteiger charge is 2.30. The normalized spacial score (nSPS) is 12.0. The maximum Gasteiger partial charge on any atom is 0.254 e. The van der Waals surface area contributed by atoms with E-state index in [0.717, 1.165) is 52.3 Å². The Balaban J connectivity index is 1.42. The van der Waals surface area contributed by atoms with Crippen molar-refractivity contribution in [1.82, 2.24) is 30.6 Å². The number of amides is 4. The number of benzene rings is 3. The average molecular weight is 789 g/mol. The third kappa shape index (κ3) is 10.6. The van der Waals surface area contributed by atoms with Gasteiger partial charge in [0.05, 0.1) is 41.7 Å². The maximum atomic E-state index is 15.3. The van der Waals surface area contributed by atoms with E-state index >= 15 is 4.39 Å². The van der Waals surface area contributed by atoms with Gasteiger partial charge in [-0.25, -0.2) is 41.9 Å². The molecule has 57 heavy (non-hydrogen) atoms. The van der Waals surface area contributed by atoms with Crippen molar-refractivity contribution < 1.29 is 41.1 Å². The van der Waals surface area contributed by atoms with Crippen LogP contribution in [0.2, 0.25) is 0 Å². The number of anilines is 2. The first-order valence-electron chi connectivity index (χ1n) is 17.6. The minimum absolute atomic E-state index is 0.00236. The van der Waals surface area contributed by atoms with Crippen LogP contribution in [0.4, 0.5) is 33.3 Å². The number of halogens is 5. The number of carbonyl (C=O) groups is 4. The van der Waals surface area contributed by atoms with E-state index in [-0.39, 0.29) is 34.5 Å². The van der Waals surface area contributed by atoms with Gasteiger partial charge < -0.3 is 20.4 Å². The Morgan fingerprint density at radius 2 is 0.965 bits per heavy atom. The first-order chi connectivity index (χ1) is 27.1. The van der Waals surface area contributed by atoms with E-state index < -0.39 is 76.8 Å². The highest BCUT2D eigenvalue weighted by molar-refractivity contribution is 6.05. The van der Waals surface area contributed by atoms with Crippen LogP contribution in [0.25, 0.3) is 0 Å². The van der Waals surface area contributed by atoms with Gasteiger partial charge in [-0.1, -0.05) is 13.8 Å². The third-order valence-corrected chi connectivity index (χ3v) is 8.86. The summed E-state index contributed by atoms with van der Waals surface area (Å²) in [6, 6.07) is 4.99. The summed E-state index contributed by atoms with van der Waals surface area (Å²) in [6.07, 6.45) is 5.79. The van der Waals surface area contributed by atoms with Crippen molar-refractivity contribution in [2.45, 2.75) is 51.6 Å². The van der Waals surface area contributed by atoms with E-state index in [1.165, 1.54) is 38.9 Å². The molecule has 0 aliphatic heterocycles. The molecule has 0 radical (unpaired) electrons. The van der Waals surface area contributed by atoms with Crippen LogP contribution < -0.4 is 20.4 Å². The number of nitrogens with one attached hydrogen (secondary N) is 2. The molecule has 12 nitrogen and oxygen atoms in total. The lowest BCUT2D eigenvalue weighted by Gasteiger charge is -2.25. The molecule has 0 unspecified atom stereocenters. The zero-order valence-corrected chi connectivity index (χ0v) is 31.2. The van der Waals surface area contributed by atoms with Gasteiger partial charge in [-0.3, -0.25) is 19.2 Å². The van der Waals surface area contributed by atoms with Crippen LogP contribution in [0.5, 0.6) is 0 Å². The van der Waals surface area contributed by atoms with Gasteiger partial charge in [0.25, 0.3) is 11.8 Å². The summed E-state index contributed by atoms with van der Waals surface area (Å²) in [5.74, 6) is -7.41. The van der Waals surface area contributed by atoms with Crippen molar-refractivity contribution >= 4 is 35.0 Å². The molecule has 0 saturated carbocycles. The fraction of sp³-hybridized carbons (Fsp3) is 0.250. The quantitative estimate of drug-likeness (QED) is 0.148. The monoisotopic (exact) mass is 788 g/mol. The van der Waals surface area contributed by atoms with Crippen LogP contribution in [0, 0.1) is 29.1 Å². The van der Waals surface area contributed by atoms with Crippen LogP contribution in [0.3, 0.4) is 0 Å². The second-order valence-corrected chi connectivity index (χ2v) is 12.9. The predicted octanol–water partition coefficient (Wildman–Crippen LogP) is 5.10. The smallest absolute Gasteiger partial charge is 0.254 e. The van der Waals surface area contributed by atoms with Gasteiger partial charge >= 0.3 is 0 Å². The second-order valence-electron chi connectivity index (χ2n) is 12.9. The zero-order valence-electron chi connectivity index (χ0n) is 31.2. The van der Waals surface area contributed by atoms with Crippen LogP contribution in [-0.2, 0) is 35.3 Å². The van der Waals surface area contributed by atoms with Crippen LogP contribution in [-0.4, -0.2) is 69.7 Å². The number of aryl methyl sites for hydroxylation is 2. The molecule has 3 aromatic carbocycles. The van der Waals surface area contributed by atoms with Gasteiger partial charge in [0.15, 0.2) is 0 Å². The van der Waals surface area contributed by atoms with E-state index in [1.807, 2.05) is 13.8 Å². The first-order valence-corrected chi connectivity index (χ1v) is 17.6. The fourth-order valence-electron chi connectivity index (χ4n) is 5.78. The van der Waals surface area contributed by atoms with Crippen LogP contribution >= 0.6 is 0 Å². The largest absolute Gasteiger partial charge is 0.340 e. The molecular weight excluding hydrogens is 751 g/mol. The molecule has 5 rings (SSSR count). The molecule has 296 valence electrons. The molecule has 0 bridgehead atoms. The maximum absolute atomic E-state index is 15.3. The van der Waals surface area contributed by atoms with Gasteiger partial charge in [-0.2, -0.15) is 0 Å². The lowest BCUT2D eigenvalue weighted by atomic mass is 10.0. The second kappa shape index (κ2) is 18.3. The number of likely N-dealkylation sites (N-methyl/N-ethyl adjacent to an activating group) is 2. The third-order valence-electron chi connectivity index (χ3n) is 8.86. The van der Waals surface area contributed by atoms with E-state index in [1.54, 1.807) is 0 Å². The first kappa shape index (κ1) is 41.5. The number of nitrogens with zero attached hydrogens (tertiary/aromatic N) is 6. The molecule has 0 spiro atoms. The molecule has 2 N–H and O–H groups in total. The number of rotatable bonds is 14. The summed E-state index contributed by atoms with van der Waals surface area (Å²) in [7, 11) is 2.75. The Hall–Kier alpha value is -6.65. The summed E-state index contributed by atoms with van der Waals surface area (Å²) < 4.78 is 71.9. The molecule has 2 atom stereocenters.